The molecule has 25 heavy (non-hydrogen) atoms. The highest BCUT2D eigenvalue weighted by molar-refractivity contribution is 9.10. The van der Waals surface area contributed by atoms with Crippen LogP contribution in [0.4, 0.5) is 11.4 Å². The topological polar surface area (TPSA) is 61.4 Å². The van der Waals surface area contributed by atoms with Gasteiger partial charge >= 0.3 is 0 Å². The summed E-state index contributed by atoms with van der Waals surface area (Å²) in [7, 11) is 1.72. The number of nitrogens with zero attached hydrogens (tertiary/aromatic N) is 1. The summed E-state index contributed by atoms with van der Waals surface area (Å²) < 4.78 is 0.880. The molecule has 132 valence electrons. The van der Waals surface area contributed by atoms with E-state index >= 15 is 0 Å². The van der Waals surface area contributed by atoms with E-state index in [4.69, 9.17) is 11.6 Å². The average molecular weight is 425 g/mol. The fraction of sp³-hybridized carbons (Fsp3) is 0.222. The summed E-state index contributed by atoms with van der Waals surface area (Å²) in [5.74, 6) is -0.427. The summed E-state index contributed by atoms with van der Waals surface area (Å²) in [5, 5.41) is 6.04. The highest BCUT2D eigenvalue weighted by Crippen LogP contribution is 2.20. The lowest BCUT2D eigenvalue weighted by atomic mass is 10.2. The first-order valence-corrected chi connectivity index (χ1v) is 8.85. The Kier molecular flexibility index (Phi) is 6.99. The maximum atomic E-state index is 12.3. The van der Waals surface area contributed by atoms with Crippen LogP contribution in [0, 0.1) is 0 Å². The number of nitrogens with one attached hydrogen (secondary N) is 2. The third kappa shape index (κ3) is 5.85. The Morgan fingerprint density at radius 3 is 2.56 bits per heavy atom. The molecule has 0 spiro atoms. The van der Waals surface area contributed by atoms with Crippen molar-refractivity contribution in [2.45, 2.75) is 13.0 Å². The number of rotatable bonds is 6. The second-order valence-electron chi connectivity index (χ2n) is 5.62. The van der Waals surface area contributed by atoms with Crippen LogP contribution >= 0.6 is 27.5 Å². The van der Waals surface area contributed by atoms with E-state index in [9.17, 15) is 9.59 Å². The van der Waals surface area contributed by atoms with Gasteiger partial charge in [-0.3, -0.25) is 14.5 Å². The van der Waals surface area contributed by atoms with Gasteiger partial charge in [-0.1, -0.05) is 45.7 Å². The smallest absolute Gasteiger partial charge is 0.241 e. The Balaban J connectivity index is 1.90. The zero-order valence-electron chi connectivity index (χ0n) is 13.9. The quantitative estimate of drug-likeness (QED) is 0.737. The van der Waals surface area contributed by atoms with Crippen molar-refractivity contribution in [3.8, 4) is 0 Å². The molecule has 0 radical (unpaired) electrons. The van der Waals surface area contributed by atoms with Crippen molar-refractivity contribution in [1.29, 1.82) is 0 Å². The van der Waals surface area contributed by atoms with E-state index < -0.39 is 6.04 Å². The molecular formula is C18H19BrClN3O2. The van der Waals surface area contributed by atoms with Gasteiger partial charge in [0.05, 0.1) is 23.3 Å². The van der Waals surface area contributed by atoms with Gasteiger partial charge < -0.3 is 10.6 Å². The van der Waals surface area contributed by atoms with Crippen LogP contribution in [0.15, 0.2) is 53.0 Å². The highest BCUT2D eigenvalue weighted by atomic mass is 79.9. The Labute approximate surface area is 160 Å². The molecule has 1 atom stereocenters. The van der Waals surface area contributed by atoms with E-state index in [0.717, 1.165) is 4.47 Å². The van der Waals surface area contributed by atoms with Crippen molar-refractivity contribution in [3.05, 3.63) is 58.0 Å². The summed E-state index contributed by atoms with van der Waals surface area (Å²) in [6.45, 7) is 1.81. The van der Waals surface area contributed by atoms with E-state index in [1.165, 1.54) is 0 Å². The molecule has 0 aromatic heterocycles. The number of halogens is 2. The number of carbonyl (C=O) groups excluding carboxylic acids is 2. The van der Waals surface area contributed by atoms with Gasteiger partial charge in [-0.05, 0) is 44.3 Å². The molecule has 0 aliphatic rings. The lowest BCUT2D eigenvalue weighted by Gasteiger charge is -2.23. The maximum Gasteiger partial charge on any atom is 0.241 e. The van der Waals surface area contributed by atoms with E-state index in [1.807, 2.05) is 18.2 Å². The fourth-order valence-corrected chi connectivity index (χ4v) is 2.71. The molecule has 2 aromatic carbocycles. The number of likely N-dealkylation sites (N-methyl/N-ethyl adjacent to an activating group) is 1. The van der Waals surface area contributed by atoms with Gasteiger partial charge in [-0.2, -0.15) is 0 Å². The number of hydrogen-bond donors (Lipinski definition) is 2. The molecule has 0 fully saturated rings. The molecule has 0 heterocycles. The molecule has 0 saturated carbocycles. The molecular weight excluding hydrogens is 406 g/mol. The number of amides is 2. The summed E-state index contributed by atoms with van der Waals surface area (Å²) in [6.07, 6.45) is 0. The SMILES string of the molecule is CC(C(=O)Nc1cccc(Br)c1)N(C)CC(=O)Nc1ccccc1Cl. The molecule has 2 aromatic rings. The van der Waals surface area contributed by atoms with Crippen molar-refractivity contribution in [3.63, 3.8) is 0 Å². The summed E-state index contributed by atoms with van der Waals surface area (Å²) >= 11 is 9.39. The molecule has 0 aliphatic heterocycles. The second-order valence-corrected chi connectivity index (χ2v) is 6.94. The highest BCUT2D eigenvalue weighted by Gasteiger charge is 2.20. The minimum atomic E-state index is -0.476. The summed E-state index contributed by atoms with van der Waals surface area (Å²) in [4.78, 5) is 26.2. The first-order chi connectivity index (χ1) is 11.9. The Hall–Kier alpha value is -1.89. The van der Waals surface area contributed by atoms with Crippen LogP contribution in [0.3, 0.4) is 0 Å². The standard InChI is InChI=1S/C18H19BrClN3O2/c1-12(18(25)21-14-7-5-6-13(19)10-14)23(2)11-17(24)22-16-9-4-3-8-15(16)20/h3-10,12H,11H2,1-2H3,(H,21,25)(H,22,24). The van der Waals surface area contributed by atoms with Gasteiger partial charge in [0, 0.05) is 10.2 Å². The van der Waals surface area contributed by atoms with Gasteiger partial charge in [0.2, 0.25) is 11.8 Å². The van der Waals surface area contributed by atoms with E-state index in [0.29, 0.717) is 16.4 Å². The number of anilines is 2. The molecule has 0 saturated heterocycles. The van der Waals surface area contributed by atoms with E-state index in [1.54, 1.807) is 49.2 Å². The minimum absolute atomic E-state index is 0.0678. The first kappa shape index (κ1) is 19.4. The zero-order chi connectivity index (χ0) is 18.4. The molecule has 2 amide bonds. The van der Waals surface area contributed by atoms with Gasteiger partial charge in [0.25, 0.3) is 0 Å². The van der Waals surface area contributed by atoms with Crippen LogP contribution in [0.5, 0.6) is 0 Å². The minimum Gasteiger partial charge on any atom is -0.325 e. The van der Waals surface area contributed by atoms with Crippen molar-refractivity contribution >= 4 is 50.7 Å². The van der Waals surface area contributed by atoms with Crippen LogP contribution < -0.4 is 10.6 Å². The van der Waals surface area contributed by atoms with Crippen molar-refractivity contribution in [2.24, 2.45) is 0 Å². The van der Waals surface area contributed by atoms with Crippen LogP contribution in [0.1, 0.15) is 6.92 Å². The predicted molar refractivity (Wildman–Crippen MR) is 105 cm³/mol. The molecule has 1 unspecified atom stereocenters. The third-order valence-electron chi connectivity index (χ3n) is 3.67. The molecule has 0 aliphatic carbocycles. The zero-order valence-corrected chi connectivity index (χ0v) is 16.3. The van der Waals surface area contributed by atoms with E-state index in [-0.39, 0.29) is 18.4 Å². The molecule has 0 bridgehead atoms. The normalized spacial score (nSPS) is 11.9. The number of carbonyl (C=O) groups is 2. The Morgan fingerprint density at radius 1 is 1.16 bits per heavy atom. The van der Waals surface area contributed by atoms with Crippen LogP contribution in [-0.4, -0.2) is 36.3 Å². The maximum absolute atomic E-state index is 12.3. The number of hydrogen-bond acceptors (Lipinski definition) is 3. The molecule has 2 N–H and O–H groups in total. The van der Waals surface area contributed by atoms with Gasteiger partial charge in [-0.25, -0.2) is 0 Å². The second kappa shape index (κ2) is 8.99. The largest absolute Gasteiger partial charge is 0.325 e. The lowest BCUT2D eigenvalue weighted by molar-refractivity contribution is -0.122. The fourth-order valence-electron chi connectivity index (χ4n) is 2.13. The molecule has 5 nitrogen and oxygen atoms in total. The molecule has 2 rings (SSSR count). The van der Waals surface area contributed by atoms with Gasteiger partial charge in [0.1, 0.15) is 0 Å². The van der Waals surface area contributed by atoms with Crippen molar-refractivity contribution < 1.29 is 9.59 Å². The monoisotopic (exact) mass is 423 g/mol. The van der Waals surface area contributed by atoms with Gasteiger partial charge in [-0.15, -0.1) is 0 Å². The molecule has 7 heteroatoms. The third-order valence-corrected chi connectivity index (χ3v) is 4.50. The predicted octanol–water partition coefficient (Wildman–Crippen LogP) is 4.00. The van der Waals surface area contributed by atoms with Crippen LogP contribution in [0.25, 0.3) is 0 Å². The average Bonchev–Trinajstić information content (AvgIpc) is 2.56. The Bertz CT molecular complexity index is 769. The van der Waals surface area contributed by atoms with Crippen molar-refractivity contribution in [2.75, 3.05) is 24.2 Å². The first-order valence-electron chi connectivity index (χ1n) is 7.68. The van der Waals surface area contributed by atoms with Crippen LogP contribution in [0.2, 0.25) is 5.02 Å². The van der Waals surface area contributed by atoms with Crippen molar-refractivity contribution in [1.82, 2.24) is 4.90 Å². The summed E-state index contributed by atoms with van der Waals surface area (Å²) in [6, 6.07) is 13.9. The Morgan fingerprint density at radius 2 is 1.88 bits per heavy atom. The summed E-state index contributed by atoms with van der Waals surface area (Å²) in [5.41, 5.74) is 1.24. The van der Waals surface area contributed by atoms with E-state index in [2.05, 4.69) is 26.6 Å². The van der Waals surface area contributed by atoms with Crippen LogP contribution in [-0.2, 0) is 9.59 Å². The number of benzene rings is 2. The number of para-hydroxylation sites is 1. The lowest BCUT2D eigenvalue weighted by Crippen LogP contribution is -2.43. The van der Waals surface area contributed by atoms with Gasteiger partial charge in [0.15, 0.2) is 0 Å².